The lowest BCUT2D eigenvalue weighted by Gasteiger charge is -2.39. The van der Waals surface area contributed by atoms with Crippen LogP contribution in [0.2, 0.25) is 0 Å². The molecule has 0 N–H and O–H groups in total. The first-order valence-electron chi connectivity index (χ1n) is 6.46. The van der Waals surface area contributed by atoms with Crippen molar-refractivity contribution in [1.82, 2.24) is 0 Å². The molecule has 94 valence electrons. The number of ether oxygens (including phenoxy) is 1. The molecule has 2 aliphatic carbocycles. The first kappa shape index (κ1) is 12.3. The summed E-state index contributed by atoms with van der Waals surface area (Å²) in [5.41, 5.74) is 0. The first-order chi connectivity index (χ1) is 8.10. The molecule has 17 heavy (non-hydrogen) atoms. The van der Waals surface area contributed by atoms with Crippen molar-refractivity contribution in [1.29, 1.82) is 0 Å². The van der Waals surface area contributed by atoms with Crippen molar-refractivity contribution >= 4 is 11.8 Å². The Bertz CT molecular complexity index is 334. The number of fused-ring (bicyclic) bond motifs is 2. The maximum absolute atomic E-state index is 11.7. The lowest BCUT2D eigenvalue weighted by Crippen LogP contribution is -2.37. The van der Waals surface area contributed by atoms with Gasteiger partial charge in [-0.15, -0.1) is 0 Å². The molecule has 0 radical (unpaired) electrons. The van der Waals surface area contributed by atoms with Gasteiger partial charge >= 0.3 is 5.97 Å². The molecular formula is C14H20O3. The maximum atomic E-state index is 11.7. The van der Waals surface area contributed by atoms with Gasteiger partial charge in [-0.05, 0) is 44.4 Å². The van der Waals surface area contributed by atoms with E-state index in [4.69, 9.17) is 4.74 Å². The summed E-state index contributed by atoms with van der Waals surface area (Å²) in [6.45, 7) is 5.33. The Morgan fingerprint density at radius 3 is 2.94 bits per heavy atom. The molecule has 0 aromatic rings. The number of ketones is 1. The topological polar surface area (TPSA) is 43.4 Å². The van der Waals surface area contributed by atoms with E-state index < -0.39 is 0 Å². The van der Waals surface area contributed by atoms with Gasteiger partial charge in [-0.25, -0.2) is 4.79 Å². The Hall–Kier alpha value is -1.12. The highest BCUT2D eigenvalue weighted by molar-refractivity contribution is 5.82. The second kappa shape index (κ2) is 5.03. The largest absolute Gasteiger partial charge is 0.459 e. The van der Waals surface area contributed by atoms with E-state index in [0.717, 1.165) is 32.1 Å². The number of hydrogen-bond donors (Lipinski definition) is 0. The highest BCUT2D eigenvalue weighted by Crippen LogP contribution is 2.42. The highest BCUT2D eigenvalue weighted by Gasteiger charge is 2.38. The van der Waals surface area contributed by atoms with Crippen LogP contribution in [0.3, 0.4) is 0 Å². The SMILES string of the molecule is C=CC(=O)OC(C)C1CC2CCC(=O)C(C2)C1. The Labute approximate surface area is 102 Å². The number of Topliss-reactive ketones (excluding diaryl/α,β-unsaturated/α-hetero) is 1. The van der Waals surface area contributed by atoms with Gasteiger partial charge in [0.2, 0.25) is 0 Å². The molecule has 0 aromatic heterocycles. The normalized spacial score (nSPS) is 33.9. The first-order valence-corrected chi connectivity index (χ1v) is 6.46. The molecule has 0 amide bonds. The number of esters is 1. The van der Waals surface area contributed by atoms with Gasteiger partial charge in [0, 0.05) is 18.4 Å². The predicted molar refractivity (Wildman–Crippen MR) is 64.3 cm³/mol. The van der Waals surface area contributed by atoms with Gasteiger partial charge < -0.3 is 4.74 Å². The van der Waals surface area contributed by atoms with Gasteiger partial charge in [0.1, 0.15) is 11.9 Å². The fourth-order valence-electron chi connectivity index (χ4n) is 3.24. The molecule has 4 atom stereocenters. The van der Waals surface area contributed by atoms with Crippen molar-refractivity contribution in [2.45, 2.75) is 45.1 Å². The average molecular weight is 236 g/mol. The van der Waals surface area contributed by atoms with Crippen LogP contribution in [0.1, 0.15) is 39.0 Å². The molecule has 0 heterocycles. The number of carbonyl (C=O) groups excluding carboxylic acids is 2. The zero-order chi connectivity index (χ0) is 12.4. The Morgan fingerprint density at radius 2 is 2.24 bits per heavy atom. The van der Waals surface area contributed by atoms with Crippen LogP contribution in [-0.2, 0) is 14.3 Å². The van der Waals surface area contributed by atoms with E-state index in [1.807, 2.05) is 6.92 Å². The fourth-order valence-corrected chi connectivity index (χ4v) is 3.24. The molecular weight excluding hydrogens is 216 g/mol. The summed E-state index contributed by atoms with van der Waals surface area (Å²) in [5, 5.41) is 0. The number of rotatable bonds is 3. The van der Waals surface area contributed by atoms with Gasteiger partial charge in [0.05, 0.1) is 0 Å². The highest BCUT2D eigenvalue weighted by atomic mass is 16.5. The second-order valence-electron chi connectivity index (χ2n) is 5.38. The molecule has 0 spiro atoms. The van der Waals surface area contributed by atoms with Crippen LogP contribution in [0.5, 0.6) is 0 Å². The van der Waals surface area contributed by atoms with E-state index >= 15 is 0 Å². The Morgan fingerprint density at radius 1 is 1.47 bits per heavy atom. The van der Waals surface area contributed by atoms with Crippen LogP contribution in [0.4, 0.5) is 0 Å². The third-order valence-electron chi connectivity index (χ3n) is 4.23. The van der Waals surface area contributed by atoms with E-state index in [1.54, 1.807) is 0 Å². The van der Waals surface area contributed by atoms with Gasteiger partial charge in [-0.2, -0.15) is 0 Å². The summed E-state index contributed by atoms with van der Waals surface area (Å²) >= 11 is 0. The molecule has 3 nitrogen and oxygen atoms in total. The van der Waals surface area contributed by atoms with Crippen molar-refractivity contribution < 1.29 is 14.3 Å². The van der Waals surface area contributed by atoms with Crippen LogP contribution >= 0.6 is 0 Å². The van der Waals surface area contributed by atoms with Gasteiger partial charge in [-0.3, -0.25) is 4.79 Å². The van der Waals surface area contributed by atoms with E-state index in [1.165, 1.54) is 6.08 Å². The van der Waals surface area contributed by atoms with Crippen LogP contribution in [0.25, 0.3) is 0 Å². The average Bonchev–Trinajstić information content (AvgIpc) is 2.33. The quantitative estimate of drug-likeness (QED) is 0.558. The summed E-state index contributed by atoms with van der Waals surface area (Å²) in [7, 11) is 0. The molecule has 0 saturated heterocycles. The number of carbonyl (C=O) groups is 2. The maximum Gasteiger partial charge on any atom is 0.330 e. The summed E-state index contributed by atoms with van der Waals surface area (Å²) in [6.07, 6.45) is 5.91. The fraction of sp³-hybridized carbons (Fsp3) is 0.714. The molecule has 0 aliphatic heterocycles. The smallest absolute Gasteiger partial charge is 0.330 e. The van der Waals surface area contributed by atoms with Crippen LogP contribution in [0, 0.1) is 17.8 Å². The lowest BCUT2D eigenvalue weighted by atomic mass is 9.66. The van der Waals surface area contributed by atoms with E-state index in [0.29, 0.717) is 17.6 Å². The summed E-state index contributed by atoms with van der Waals surface area (Å²) < 4.78 is 5.27. The van der Waals surface area contributed by atoms with Crippen molar-refractivity contribution in [2.24, 2.45) is 17.8 Å². The van der Waals surface area contributed by atoms with E-state index in [-0.39, 0.29) is 18.0 Å². The zero-order valence-corrected chi connectivity index (χ0v) is 10.4. The Kier molecular flexibility index (Phi) is 3.65. The number of hydrogen-bond acceptors (Lipinski definition) is 3. The monoisotopic (exact) mass is 236 g/mol. The molecule has 2 rings (SSSR count). The van der Waals surface area contributed by atoms with E-state index in [9.17, 15) is 9.59 Å². The van der Waals surface area contributed by atoms with Crippen LogP contribution < -0.4 is 0 Å². The minimum atomic E-state index is -0.362. The molecule has 3 heteroatoms. The van der Waals surface area contributed by atoms with Gasteiger partial charge in [0.15, 0.2) is 0 Å². The molecule has 2 saturated carbocycles. The molecule has 0 aromatic carbocycles. The van der Waals surface area contributed by atoms with E-state index in [2.05, 4.69) is 6.58 Å². The van der Waals surface area contributed by atoms with Crippen LogP contribution in [-0.4, -0.2) is 17.9 Å². The van der Waals surface area contributed by atoms with Crippen molar-refractivity contribution in [3.63, 3.8) is 0 Å². The third kappa shape index (κ3) is 2.76. The minimum Gasteiger partial charge on any atom is -0.459 e. The van der Waals surface area contributed by atoms with Gasteiger partial charge in [0.25, 0.3) is 0 Å². The third-order valence-corrected chi connectivity index (χ3v) is 4.23. The van der Waals surface area contributed by atoms with Crippen molar-refractivity contribution in [2.75, 3.05) is 0 Å². The molecule has 2 aliphatic rings. The van der Waals surface area contributed by atoms with Crippen LogP contribution in [0.15, 0.2) is 12.7 Å². The zero-order valence-electron chi connectivity index (χ0n) is 10.4. The minimum absolute atomic E-state index is 0.100. The predicted octanol–water partition coefficient (Wildman–Crippen LogP) is 2.50. The standard InChI is InChI=1S/C14H20O3/c1-3-14(16)17-9(2)11-6-10-4-5-13(15)12(7-10)8-11/h3,9-12H,1,4-8H2,2H3. The second-order valence-corrected chi connectivity index (χ2v) is 5.38. The molecule has 2 bridgehead atoms. The summed E-state index contributed by atoms with van der Waals surface area (Å²) in [4.78, 5) is 22.9. The summed E-state index contributed by atoms with van der Waals surface area (Å²) in [6, 6.07) is 0. The van der Waals surface area contributed by atoms with Crippen molar-refractivity contribution in [3.05, 3.63) is 12.7 Å². The Balaban J connectivity index is 1.95. The lowest BCUT2D eigenvalue weighted by molar-refractivity contribution is -0.146. The molecule has 2 fully saturated rings. The van der Waals surface area contributed by atoms with Gasteiger partial charge in [-0.1, -0.05) is 6.58 Å². The molecule has 4 unspecified atom stereocenters. The summed E-state index contributed by atoms with van der Waals surface area (Å²) in [5.74, 6) is 1.26. The van der Waals surface area contributed by atoms with Crippen molar-refractivity contribution in [3.8, 4) is 0 Å².